The molecule has 0 radical (unpaired) electrons. The van der Waals surface area contributed by atoms with Gasteiger partial charge in [0.05, 0.1) is 4.70 Å². The zero-order valence-electron chi connectivity index (χ0n) is 8.74. The van der Waals surface area contributed by atoms with E-state index in [0.29, 0.717) is 12.0 Å². The van der Waals surface area contributed by atoms with Crippen LogP contribution < -0.4 is 10.7 Å². The molecule has 0 fully saturated rings. The molecule has 0 atom stereocenters. The van der Waals surface area contributed by atoms with Crippen LogP contribution in [0.1, 0.15) is 19.4 Å². The van der Waals surface area contributed by atoms with Crippen molar-refractivity contribution in [1.29, 1.82) is 0 Å². The van der Waals surface area contributed by atoms with Gasteiger partial charge in [0, 0.05) is 5.54 Å². The van der Waals surface area contributed by atoms with Gasteiger partial charge in [-0.05, 0) is 31.9 Å². The summed E-state index contributed by atoms with van der Waals surface area (Å²) in [7, 11) is 0. The molecule has 0 spiro atoms. The third-order valence-electron chi connectivity index (χ3n) is 2.09. The van der Waals surface area contributed by atoms with Gasteiger partial charge in [0.25, 0.3) is 0 Å². The predicted molar refractivity (Wildman–Crippen MR) is 62.3 cm³/mol. The summed E-state index contributed by atoms with van der Waals surface area (Å²) in [6, 6.07) is 5.76. The molecule has 0 amide bonds. The molecule has 1 heterocycles. The molecule has 0 unspecified atom stereocenters. The molecule has 1 aromatic carbocycles. The molecule has 15 heavy (non-hydrogen) atoms. The highest BCUT2D eigenvalue weighted by molar-refractivity contribution is 7.16. The predicted octanol–water partition coefficient (Wildman–Crippen LogP) is 2.13. The molecule has 0 saturated heterocycles. The Balaban J connectivity index is 2.56. The van der Waals surface area contributed by atoms with Gasteiger partial charge in [-0.25, -0.2) is 4.79 Å². The number of fused-ring (bicyclic) bond motifs is 1. The van der Waals surface area contributed by atoms with Crippen LogP contribution in [0, 0.1) is 0 Å². The zero-order chi connectivity index (χ0) is 11.1. The van der Waals surface area contributed by atoms with Gasteiger partial charge < -0.3 is 10.2 Å². The van der Waals surface area contributed by atoms with Gasteiger partial charge in [-0.1, -0.05) is 23.5 Å². The number of hydrogen-bond donors (Lipinski definition) is 1. The summed E-state index contributed by atoms with van der Waals surface area (Å²) in [5.74, 6) is 0. The van der Waals surface area contributed by atoms with Crippen molar-refractivity contribution >= 4 is 21.6 Å². The van der Waals surface area contributed by atoms with E-state index in [1.165, 1.54) is 0 Å². The first-order valence-electron chi connectivity index (χ1n) is 4.76. The number of hydrogen-bond acceptors (Lipinski definition) is 4. The highest BCUT2D eigenvalue weighted by Gasteiger charge is 2.15. The fraction of sp³-hybridized carbons (Fsp3) is 0.364. The van der Waals surface area contributed by atoms with E-state index in [-0.39, 0.29) is 10.5 Å². The molecule has 1 aromatic heterocycles. The Bertz CT molecular complexity index is 533. The summed E-state index contributed by atoms with van der Waals surface area (Å²) >= 11 is 1.13. The molecule has 0 aliphatic rings. The standard InChI is InChI=1S/C11H13NO2S/c1-11(2,12)6-7-4-3-5-8-9(7)14-10(13)15-8/h3-5H,6,12H2,1-2H3. The van der Waals surface area contributed by atoms with E-state index in [1.807, 2.05) is 32.0 Å². The summed E-state index contributed by atoms with van der Waals surface area (Å²) < 4.78 is 6.04. The first-order valence-corrected chi connectivity index (χ1v) is 5.58. The van der Waals surface area contributed by atoms with E-state index in [4.69, 9.17) is 10.2 Å². The lowest BCUT2D eigenvalue weighted by atomic mass is 9.96. The lowest BCUT2D eigenvalue weighted by molar-refractivity contribution is 0.509. The SMILES string of the molecule is CC(C)(N)Cc1cccc2sc(=O)oc12. The maximum absolute atomic E-state index is 11.1. The number of rotatable bonds is 2. The first kappa shape index (κ1) is 10.4. The average Bonchev–Trinajstić information content (AvgIpc) is 2.43. The highest BCUT2D eigenvalue weighted by Crippen LogP contribution is 2.23. The van der Waals surface area contributed by atoms with E-state index >= 15 is 0 Å². The maximum Gasteiger partial charge on any atom is 0.396 e. The maximum atomic E-state index is 11.1. The van der Waals surface area contributed by atoms with Crippen molar-refractivity contribution in [2.24, 2.45) is 5.73 Å². The van der Waals surface area contributed by atoms with Crippen molar-refractivity contribution < 1.29 is 4.42 Å². The lowest BCUT2D eigenvalue weighted by Gasteiger charge is -2.18. The van der Waals surface area contributed by atoms with Crippen LogP contribution in [0.25, 0.3) is 10.3 Å². The second-order valence-electron chi connectivity index (χ2n) is 4.36. The third kappa shape index (κ3) is 2.27. The molecular formula is C11H13NO2S. The molecule has 0 aliphatic carbocycles. The lowest BCUT2D eigenvalue weighted by Crippen LogP contribution is -2.34. The van der Waals surface area contributed by atoms with Crippen molar-refractivity contribution in [3.8, 4) is 0 Å². The normalized spacial score (nSPS) is 12.2. The topological polar surface area (TPSA) is 56.2 Å². The fourth-order valence-corrected chi connectivity index (χ4v) is 2.30. The quantitative estimate of drug-likeness (QED) is 0.848. The first-order chi connectivity index (χ1) is 6.96. The molecule has 4 heteroatoms. The van der Waals surface area contributed by atoms with E-state index < -0.39 is 0 Å². The summed E-state index contributed by atoms with van der Waals surface area (Å²) in [6.07, 6.45) is 0.698. The molecule has 0 saturated carbocycles. The van der Waals surface area contributed by atoms with Crippen LogP contribution >= 0.6 is 11.3 Å². The van der Waals surface area contributed by atoms with E-state index in [0.717, 1.165) is 21.6 Å². The Morgan fingerprint density at radius 1 is 1.47 bits per heavy atom. The molecule has 2 rings (SSSR count). The second-order valence-corrected chi connectivity index (χ2v) is 5.34. The van der Waals surface area contributed by atoms with Crippen molar-refractivity contribution in [1.82, 2.24) is 0 Å². The number of nitrogens with two attached hydrogens (primary N) is 1. The summed E-state index contributed by atoms with van der Waals surface area (Å²) in [4.78, 5) is 10.9. The monoisotopic (exact) mass is 223 g/mol. The van der Waals surface area contributed by atoms with Gasteiger partial charge in [0.15, 0.2) is 5.58 Å². The van der Waals surface area contributed by atoms with Crippen molar-refractivity contribution in [2.75, 3.05) is 0 Å². The molecule has 3 nitrogen and oxygen atoms in total. The minimum absolute atomic E-state index is 0.257. The molecule has 2 N–H and O–H groups in total. The van der Waals surface area contributed by atoms with Gasteiger partial charge in [-0.3, -0.25) is 0 Å². The third-order valence-corrected chi connectivity index (χ3v) is 2.88. The van der Waals surface area contributed by atoms with Crippen molar-refractivity contribution in [3.63, 3.8) is 0 Å². The largest absolute Gasteiger partial charge is 0.414 e. The van der Waals surface area contributed by atoms with Crippen LogP contribution in [0.2, 0.25) is 0 Å². The number of para-hydroxylation sites is 1. The summed E-state index contributed by atoms with van der Waals surface area (Å²) in [5, 5.41) is 0. The van der Waals surface area contributed by atoms with Crippen LogP contribution in [0.3, 0.4) is 0 Å². The van der Waals surface area contributed by atoms with Crippen molar-refractivity contribution in [2.45, 2.75) is 25.8 Å². The van der Waals surface area contributed by atoms with E-state index in [2.05, 4.69) is 0 Å². The Morgan fingerprint density at radius 3 is 2.87 bits per heavy atom. The zero-order valence-corrected chi connectivity index (χ0v) is 9.56. The van der Waals surface area contributed by atoms with Crippen LogP contribution in [0.5, 0.6) is 0 Å². The van der Waals surface area contributed by atoms with E-state index in [9.17, 15) is 4.79 Å². The molecule has 80 valence electrons. The fourth-order valence-electron chi connectivity index (χ4n) is 1.58. The van der Waals surface area contributed by atoms with Crippen LogP contribution in [-0.4, -0.2) is 5.54 Å². The highest BCUT2D eigenvalue weighted by atomic mass is 32.1. The van der Waals surface area contributed by atoms with Gasteiger partial charge in [0.2, 0.25) is 0 Å². The smallest absolute Gasteiger partial charge is 0.396 e. The number of benzene rings is 1. The molecule has 0 bridgehead atoms. The Kier molecular flexibility index (Phi) is 2.40. The van der Waals surface area contributed by atoms with Gasteiger partial charge >= 0.3 is 4.94 Å². The molecule has 2 aromatic rings. The molecule has 0 aliphatic heterocycles. The minimum atomic E-state index is -0.297. The minimum Gasteiger partial charge on any atom is -0.414 e. The van der Waals surface area contributed by atoms with Crippen LogP contribution in [0.15, 0.2) is 27.4 Å². The Morgan fingerprint density at radius 2 is 2.20 bits per heavy atom. The summed E-state index contributed by atoms with van der Waals surface area (Å²) in [5.41, 5.74) is 7.34. The summed E-state index contributed by atoms with van der Waals surface area (Å²) in [6.45, 7) is 3.91. The van der Waals surface area contributed by atoms with Gasteiger partial charge in [-0.15, -0.1) is 0 Å². The van der Waals surface area contributed by atoms with Gasteiger partial charge in [0.1, 0.15) is 0 Å². The van der Waals surface area contributed by atoms with Crippen molar-refractivity contribution in [3.05, 3.63) is 33.5 Å². The van der Waals surface area contributed by atoms with Gasteiger partial charge in [-0.2, -0.15) is 0 Å². The van der Waals surface area contributed by atoms with E-state index in [1.54, 1.807) is 0 Å². The van der Waals surface area contributed by atoms with Crippen LogP contribution in [-0.2, 0) is 6.42 Å². The van der Waals surface area contributed by atoms with Crippen LogP contribution in [0.4, 0.5) is 0 Å². The Labute approximate surface area is 91.5 Å². The molecular weight excluding hydrogens is 210 g/mol. The second kappa shape index (κ2) is 3.47. The average molecular weight is 223 g/mol. The Hall–Kier alpha value is -1.13.